The van der Waals surface area contributed by atoms with E-state index in [0.717, 1.165) is 36.1 Å². The Kier molecular flexibility index (Phi) is 7.33. The second-order valence-electron chi connectivity index (χ2n) is 5.99. The molecule has 0 spiro atoms. The van der Waals surface area contributed by atoms with Crippen LogP contribution in [0.15, 0.2) is 42.5 Å². The molecule has 142 valence electrons. The van der Waals surface area contributed by atoms with Crippen LogP contribution in [0.2, 0.25) is 0 Å². The summed E-state index contributed by atoms with van der Waals surface area (Å²) in [5.41, 5.74) is 1.17. The fraction of sp³-hybridized carbons (Fsp3) is 0.400. The van der Waals surface area contributed by atoms with Gasteiger partial charge in [-0.1, -0.05) is 31.5 Å². The number of nitrogens with one attached hydrogen (secondary N) is 1. The second kappa shape index (κ2) is 9.48. The molecule has 0 radical (unpaired) electrons. The molecule has 0 bridgehead atoms. The summed E-state index contributed by atoms with van der Waals surface area (Å²) < 4.78 is 48.7. The molecule has 0 aliphatic rings. The monoisotopic (exact) mass is 367 g/mol. The van der Waals surface area contributed by atoms with Crippen molar-refractivity contribution in [1.82, 2.24) is 5.32 Å². The maximum absolute atomic E-state index is 12.6. The van der Waals surface area contributed by atoms with E-state index >= 15 is 0 Å². The van der Waals surface area contributed by atoms with Gasteiger partial charge in [0.05, 0.1) is 19.3 Å². The zero-order valence-electron chi connectivity index (χ0n) is 15.0. The molecule has 6 heteroatoms. The smallest absolute Gasteiger partial charge is 0.416 e. The molecule has 0 fully saturated rings. The molecule has 0 heterocycles. The van der Waals surface area contributed by atoms with Gasteiger partial charge in [-0.15, -0.1) is 0 Å². The molecule has 2 aromatic rings. The van der Waals surface area contributed by atoms with E-state index in [1.165, 1.54) is 12.1 Å². The van der Waals surface area contributed by atoms with Crippen molar-refractivity contribution < 1.29 is 22.6 Å². The van der Waals surface area contributed by atoms with Gasteiger partial charge in [0.25, 0.3) is 0 Å². The Balaban J connectivity index is 1.89. The summed E-state index contributed by atoms with van der Waals surface area (Å²) in [4.78, 5) is 0. The van der Waals surface area contributed by atoms with E-state index in [-0.39, 0.29) is 0 Å². The first kappa shape index (κ1) is 20.1. The van der Waals surface area contributed by atoms with Gasteiger partial charge in [-0.2, -0.15) is 13.2 Å². The van der Waals surface area contributed by atoms with Crippen molar-refractivity contribution in [3.05, 3.63) is 59.2 Å². The first-order chi connectivity index (χ1) is 12.4. The van der Waals surface area contributed by atoms with E-state index in [4.69, 9.17) is 9.47 Å². The van der Waals surface area contributed by atoms with Crippen molar-refractivity contribution in [3.63, 3.8) is 0 Å². The number of hydrogen-bond donors (Lipinski definition) is 1. The van der Waals surface area contributed by atoms with Crippen molar-refractivity contribution in [3.8, 4) is 11.5 Å². The molecular formula is C20H24F3NO2. The lowest BCUT2D eigenvalue weighted by Crippen LogP contribution is -2.13. The molecule has 0 unspecified atom stereocenters. The lowest BCUT2D eigenvalue weighted by atomic mass is 10.1. The summed E-state index contributed by atoms with van der Waals surface area (Å²) in [6.07, 6.45) is -2.25. The van der Waals surface area contributed by atoms with E-state index in [2.05, 4.69) is 12.2 Å². The molecule has 0 aliphatic carbocycles. The minimum absolute atomic E-state index is 0.481. The molecular weight excluding hydrogens is 343 g/mol. The Morgan fingerprint density at radius 3 is 2.19 bits per heavy atom. The second-order valence-corrected chi connectivity index (χ2v) is 5.99. The van der Waals surface area contributed by atoms with Gasteiger partial charge in [0.1, 0.15) is 0 Å². The molecule has 26 heavy (non-hydrogen) atoms. The lowest BCUT2D eigenvalue weighted by molar-refractivity contribution is -0.137. The van der Waals surface area contributed by atoms with Gasteiger partial charge in [0, 0.05) is 13.1 Å². The van der Waals surface area contributed by atoms with Crippen LogP contribution in [0.1, 0.15) is 36.5 Å². The SMILES string of the molecule is CCCCOc1ccc(CNCc2ccc(C(F)(F)F)cc2)cc1OC. The van der Waals surface area contributed by atoms with Crippen LogP contribution in [-0.4, -0.2) is 13.7 Å². The Labute approximate surface area is 152 Å². The van der Waals surface area contributed by atoms with Crippen LogP contribution >= 0.6 is 0 Å². The number of benzene rings is 2. The minimum atomic E-state index is -4.30. The van der Waals surface area contributed by atoms with E-state index in [0.29, 0.717) is 31.2 Å². The van der Waals surface area contributed by atoms with Crippen LogP contribution in [0.4, 0.5) is 13.2 Å². The Hall–Kier alpha value is -2.21. The van der Waals surface area contributed by atoms with Crippen molar-refractivity contribution in [2.24, 2.45) is 0 Å². The average molecular weight is 367 g/mol. The summed E-state index contributed by atoms with van der Waals surface area (Å²) in [6.45, 7) is 3.81. The van der Waals surface area contributed by atoms with Crippen LogP contribution in [-0.2, 0) is 19.3 Å². The minimum Gasteiger partial charge on any atom is -0.493 e. The van der Waals surface area contributed by atoms with E-state index in [9.17, 15) is 13.2 Å². The molecule has 1 N–H and O–H groups in total. The number of methoxy groups -OCH3 is 1. The van der Waals surface area contributed by atoms with Gasteiger partial charge in [-0.25, -0.2) is 0 Å². The highest BCUT2D eigenvalue weighted by atomic mass is 19.4. The third kappa shape index (κ3) is 5.95. The number of alkyl halides is 3. The third-order valence-electron chi connectivity index (χ3n) is 3.92. The maximum atomic E-state index is 12.6. The Bertz CT molecular complexity index is 684. The van der Waals surface area contributed by atoms with Gasteiger partial charge in [-0.05, 0) is 41.8 Å². The van der Waals surface area contributed by atoms with Crippen LogP contribution in [0.25, 0.3) is 0 Å². The van der Waals surface area contributed by atoms with Crippen molar-refractivity contribution in [1.29, 1.82) is 0 Å². The zero-order chi connectivity index (χ0) is 19.0. The molecule has 2 aromatic carbocycles. The Morgan fingerprint density at radius 1 is 0.923 bits per heavy atom. The summed E-state index contributed by atoms with van der Waals surface area (Å²) in [5, 5.41) is 3.22. The van der Waals surface area contributed by atoms with Gasteiger partial charge in [-0.3, -0.25) is 0 Å². The number of unbranched alkanes of at least 4 members (excludes halogenated alkanes) is 1. The first-order valence-electron chi connectivity index (χ1n) is 8.60. The predicted molar refractivity (Wildman–Crippen MR) is 95.4 cm³/mol. The van der Waals surface area contributed by atoms with Crippen LogP contribution < -0.4 is 14.8 Å². The average Bonchev–Trinajstić information content (AvgIpc) is 2.62. The zero-order valence-corrected chi connectivity index (χ0v) is 15.0. The summed E-state index contributed by atoms with van der Waals surface area (Å²) in [6, 6.07) is 10.9. The maximum Gasteiger partial charge on any atom is 0.416 e. The molecule has 0 saturated heterocycles. The number of ether oxygens (including phenoxy) is 2. The van der Waals surface area contributed by atoms with Crippen molar-refractivity contribution >= 4 is 0 Å². The predicted octanol–water partition coefficient (Wildman–Crippen LogP) is 5.18. The summed E-state index contributed by atoms with van der Waals surface area (Å²) in [5.74, 6) is 1.39. The highest BCUT2D eigenvalue weighted by molar-refractivity contribution is 5.43. The van der Waals surface area contributed by atoms with Crippen molar-refractivity contribution in [2.75, 3.05) is 13.7 Å². The summed E-state index contributed by atoms with van der Waals surface area (Å²) >= 11 is 0. The highest BCUT2D eigenvalue weighted by Crippen LogP contribution is 2.29. The normalized spacial score (nSPS) is 11.4. The molecule has 0 saturated carbocycles. The van der Waals surface area contributed by atoms with Crippen molar-refractivity contribution in [2.45, 2.75) is 39.0 Å². The van der Waals surface area contributed by atoms with Gasteiger partial charge in [0.15, 0.2) is 11.5 Å². The van der Waals surface area contributed by atoms with E-state index in [1.54, 1.807) is 7.11 Å². The molecule has 0 atom stereocenters. The number of halogens is 3. The first-order valence-corrected chi connectivity index (χ1v) is 8.60. The van der Waals surface area contributed by atoms with Crippen LogP contribution in [0, 0.1) is 0 Å². The highest BCUT2D eigenvalue weighted by Gasteiger charge is 2.29. The van der Waals surface area contributed by atoms with Crippen LogP contribution in [0.3, 0.4) is 0 Å². The standard InChI is InChI=1S/C20H24F3NO2/c1-3-4-11-26-18-10-7-16(12-19(18)25-2)14-24-13-15-5-8-17(9-6-15)20(21,22)23/h5-10,12,24H,3-4,11,13-14H2,1-2H3. The number of rotatable bonds is 9. The Morgan fingerprint density at radius 2 is 1.58 bits per heavy atom. The largest absolute Gasteiger partial charge is 0.493 e. The fourth-order valence-corrected chi connectivity index (χ4v) is 2.43. The lowest BCUT2D eigenvalue weighted by Gasteiger charge is -2.13. The van der Waals surface area contributed by atoms with Gasteiger partial charge >= 0.3 is 6.18 Å². The van der Waals surface area contributed by atoms with E-state index in [1.807, 2.05) is 18.2 Å². The molecule has 2 rings (SSSR count). The third-order valence-corrected chi connectivity index (χ3v) is 3.92. The molecule has 0 aromatic heterocycles. The van der Waals surface area contributed by atoms with Crippen LogP contribution in [0.5, 0.6) is 11.5 Å². The molecule has 3 nitrogen and oxygen atoms in total. The topological polar surface area (TPSA) is 30.5 Å². The summed E-state index contributed by atoms with van der Waals surface area (Å²) in [7, 11) is 1.60. The quantitative estimate of drug-likeness (QED) is 0.619. The van der Waals surface area contributed by atoms with Gasteiger partial charge < -0.3 is 14.8 Å². The number of hydrogen-bond acceptors (Lipinski definition) is 3. The molecule has 0 aliphatic heterocycles. The van der Waals surface area contributed by atoms with E-state index < -0.39 is 11.7 Å². The molecule has 0 amide bonds. The van der Waals surface area contributed by atoms with Gasteiger partial charge in [0.2, 0.25) is 0 Å². The fourth-order valence-electron chi connectivity index (χ4n) is 2.43.